The van der Waals surface area contributed by atoms with Gasteiger partial charge in [0.1, 0.15) is 0 Å². The molecule has 0 spiro atoms. The molecule has 1 aromatic rings. The van der Waals surface area contributed by atoms with E-state index in [1.165, 1.54) is 6.20 Å². The first-order valence-electron chi connectivity index (χ1n) is 3.81. The Kier molecular flexibility index (Phi) is 2.55. The van der Waals surface area contributed by atoms with E-state index in [-0.39, 0.29) is 5.92 Å². The van der Waals surface area contributed by atoms with E-state index in [1.807, 2.05) is 0 Å². The molecule has 0 aromatic carbocycles. The van der Waals surface area contributed by atoms with E-state index in [0.29, 0.717) is 5.56 Å². The Morgan fingerprint density at radius 3 is 2.54 bits per heavy atom. The highest BCUT2D eigenvalue weighted by atomic mass is 19.1. The lowest BCUT2D eigenvalue weighted by atomic mass is 10.0. The molecule has 70 valence electrons. The molecule has 0 aliphatic heterocycles. The van der Waals surface area contributed by atoms with E-state index in [1.54, 1.807) is 13.8 Å². The zero-order chi connectivity index (χ0) is 10.0. The van der Waals surface area contributed by atoms with Crippen LogP contribution >= 0.6 is 0 Å². The summed E-state index contributed by atoms with van der Waals surface area (Å²) in [6.07, 6.45) is 2.18. The predicted octanol–water partition coefficient (Wildman–Crippen LogP) is 2.25. The summed E-state index contributed by atoms with van der Waals surface area (Å²) in [5.41, 5.74) is -0.144. The molecule has 1 rings (SSSR count). The van der Waals surface area contributed by atoms with Crippen LogP contribution in [0.5, 0.6) is 0 Å². The van der Waals surface area contributed by atoms with Crippen molar-refractivity contribution in [2.24, 2.45) is 0 Å². The molecule has 0 aliphatic rings. The molecule has 0 atom stereocenters. The van der Waals surface area contributed by atoms with Gasteiger partial charge in [0.15, 0.2) is 0 Å². The summed E-state index contributed by atoms with van der Waals surface area (Å²) in [6, 6.07) is 0. The van der Waals surface area contributed by atoms with E-state index < -0.39 is 16.4 Å². The third kappa shape index (κ3) is 1.80. The maximum absolute atomic E-state index is 13.0. The largest absolute Gasteiger partial charge is 0.311 e. The topological polar surface area (TPSA) is 56.0 Å². The van der Waals surface area contributed by atoms with Crippen molar-refractivity contribution in [2.75, 3.05) is 0 Å². The molecule has 0 N–H and O–H groups in total. The Morgan fingerprint density at radius 2 is 2.15 bits per heavy atom. The van der Waals surface area contributed by atoms with Crippen molar-refractivity contribution in [1.29, 1.82) is 0 Å². The molecule has 13 heavy (non-hydrogen) atoms. The van der Waals surface area contributed by atoms with Crippen LogP contribution in [0.4, 0.5) is 10.1 Å². The van der Waals surface area contributed by atoms with Crippen molar-refractivity contribution in [3.63, 3.8) is 0 Å². The van der Waals surface area contributed by atoms with Gasteiger partial charge in [0, 0.05) is 6.20 Å². The van der Waals surface area contributed by atoms with Gasteiger partial charge in [-0.25, -0.2) is 0 Å². The number of hydrogen-bond donors (Lipinski definition) is 0. The molecule has 5 heteroatoms. The van der Waals surface area contributed by atoms with Gasteiger partial charge in [-0.05, 0) is 5.92 Å². The molecule has 0 radical (unpaired) electrons. The molecule has 0 fully saturated rings. The average molecular weight is 184 g/mol. The van der Waals surface area contributed by atoms with Crippen LogP contribution in [-0.4, -0.2) is 9.91 Å². The van der Waals surface area contributed by atoms with Crippen LogP contribution in [0, 0.1) is 15.9 Å². The van der Waals surface area contributed by atoms with Gasteiger partial charge in [0.2, 0.25) is 5.82 Å². The van der Waals surface area contributed by atoms with Crippen LogP contribution in [0.15, 0.2) is 12.4 Å². The Bertz CT molecular complexity index is 339. The zero-order valence-electron chi connectivity index (χ0n) is 7.32. The second-order valence-corrected chi connectivity index (χ2v) is 2.97. The van der Waals surface area contributed by atoms with E-state index in [4.69, 9.17) is 0 Å². The zero-order valence-corrected chi connectivity index (χ0v) is 7.32. The van der Waals surface area contributed by atoms with Crippen molar-refractivity contribution in [1.82, 2.24) is 4.98 Å². The quantitative estimate of drug-likeness (QED) is 0.523. The van der Waals surface area contributed by atoms with Gasteiger partial charge in [0.25, 0.3) is 0 Å². The lowest BCUT2D eigenvalue weighted by molar-refractivity contribution is -0.388. The van der Waals surface area contributed by atoms with Gasteiger partial charge in [-0.1, -0.05) is 13.8 Å². The van der Waals surface area contributed by atoms with Gasteiger partial charge in [-0.2, -0.15) is 4.39 Å². The van der Waals surface area contributed by atoms with Gasteiger partial charge in [0.05, 0.1) is 16.7 Å². The van der Waals surface area contributed by atoms with Crippen molar-refractivity contribution in [3.05, 3.63) is 33.9 Å². The van der Waals surface area contributed by atoms with E-state index in [2.05, 4.69) is 4.98 Å². The van der Waals surface area contributed by atoms with Gasteiger partial charge < -0.3 is 0 Å². The number of rotatable bonds is 2. The number of hydrogen-bond acceptors (Lipinski definition) is 3. The number of halogens is 1. The molecular weight excluding hydrogens is 175 g/mol. The summed E-state index contributed by atoms with van der Waals surface area (Å²) in [5, 5.41) is 10.5. The van der Waals surface area contributed by atoms with Gasteiger partial charge in [-0.15, -0.1) is 0 Å². The molecule has 0 bridgehead atoms. The first-order chi connectivity index (χ1) is 6.04. The molecule has 0 aliphatic carbocycles. The fraction of sp³-hybridized carbons (Fsp3) is 0.375. The van der Waals surface area contributed by atoms with Crippen LogP contribution < -0.4 is 0 Å². The Morgan fingerprint density at radius 1 is 1.54 bits per heavy atom. The summed E-state index contributed by atoms with van der Waals surface area (Å²) >= 11 is 0. The molecular formula is C8H9FN2O2. The van der Waals surface area contributed by atoms with Crippen molar-refractivity contribution >= 4 is 5.69 Å². The number of aromatic nitrogens is 1. The standard InChI is InChI=1S/C8H9FN2O2/c1-5(2)6-3-10-4-7(9)8(6)11(12)13/h3-5H,1-2H3. The maximum atomic E-state index is 13.0. The Hall–Kier alpha value is -1.52. The van der Waals surface area contributed by atoms with Crippen molar-refractivity contribution in [3.8, 4) is 0 Å². The minimum atomic E-state index is -0.879. The average Bonchev–Trinajstić information content (AvgIpc) is 2.02. The highest BCUT2D eigenvalue weighted by Gasteiger charge is 2.21. The summed E-state index contributed by atoms with van der Waals surface area (Å²) in [7, 11) is 0. The van der Waals surface area contributed by atoms with Crippen LogP contribution in [-0.2, 0) is 0 Å². The molecule has 1 heterocycles. The van der Waals surface area contributed by atoms with Crippen LogP contribution in [0.2, 0.25) is 0 Å². The van der Waals surface area contributed by atoms with Crippen LogP contribution in [0.25, 0.3) is 0 Å². The molecule has 1 aromatic heterocycles. The van der Waals surface area contributed by atoms with Crippen LogP contribution in [0.1, 0.15) is 25.3 Å². The molecule has 4 nitrogen and oxygen atoms in total. The predicted molar refractivity (Wildman–Crippen MR) is 44.9 cm³/mol. The SMILES string of the molecule is CC(C)c1cncc(F)c1[N+](=O)[O-]. The first kappa shape index (κ1) is 9.57. The first-order valence-corrected chi connectivity index (χ1v) is 3.81. The number of pyridine rings is 1. The van der Waals surface area contributed by atoms with E-state index in [9.17, 15) is 14.5 Å². The van der Waals surface area contributed by atoms with Crippen LogP contribution in [0.3, 0.4) is 0 Å². The Balaban J connectivity index is 3.34. The fourth-order valence-electron chi connectivity index (χ4n) is 1.06. The molecule has 0 saturated carbocycles. The fourth-order valence-corrected chi connectivity index (χ4v) is 1.06. The van der Waals surface area contributed by atoms with Gasteiger partial charge in [-0.3, -0.25) is 15.1 Å². The minimum absolute atomic E-state index is 0.108. The lowest BCUT2D eigenvalue weighted by Gasteiger charge is -2.04. The number of nitrogens with zero attached hydrogens (tertiary/aromatic N) is 2. The summed E-state index contributed by atoms with van der Waals surface area (Å²) in [4.78, 5) is 13.3. The normalized spacial score (nSPS) is 10.5. The smallest absolute Gasteiger partial charge is 0.261 e. The van der Waals surface area contributed by atoms with Gasteiger partial charge >= 0.3 is 5.69 Å². The van der Waals surface area contributed by atoms with Crippen molar-refractivity contribution < 1.29 is 9.31 Å². The van der Waals surface area contributed by atoms with E-state index in [0.717, 1.165) is 6.20 Å². The van der Waals surface area contributed by atoms with Crippen molar-refractivity contribution in [2.45, 2.75) is 19.8 Å². The maximum Gasteiger partial charge on any atom is 0.311 e. The third-order valence-electron chi connectivity index (χ3n) is 1.71. The molecule has 0 saturated heterocycles. The second kappa shape index (κ2) is 3.47. The minimum Gasteiger partial charge on any atom is -0.261 e. The second-order valence-electron chi connectivity index (χ2n) is 2.97. The summed E-state index contributed by atoms with van der Waals surface area (Å²) < 4.78 is 13.0. The highest BCUT2D eigenvalue weighted by molar-refractivity contribution is 5.40. The molecule has 0 unspecified atom stereocenters. The summed E-state index contributed by atoms with van der Waals surface area (Å²) in [5.74, 6) is -0.986. The third-order valence-corrected chi connectivity index (χ3v) is 1.71. The lowest BCUT2D eigenvalue weighted by Crippen LogP contribution is -2.01. The monoisotopic (exact) mass is 184 g/mol. The molecule has 0 amide bonds. The highest BCUT2D eigenvalue weighted by Crippen LogP contribution is 2.27. The Labute approximate surface area is 74.6 Å². The van der Waals surface area contributed by atoms with E-state index >= 15 is 0 Å². The number of nitro groups is 1. The summed E-state index contributed by atoms with van der Waals surface area (Å²) in [6.45, 7) is 3.51.